The average Bonchev–Trinajstić information content (AvgIpc) is 2.81. The van der Waals surface area contributed by atoms with Gasteiger partial charge in [-0.25, -0.2) is 9.78 Å². The number of esters is 1. The van der Waals surface area contributed by atoms with E-state index < -0.39 is 11.8 Å². The van der Waals surface area contributed by atoms with E-state index in [-0.39, 0.29) is 6.61 Å². The van der Waals surface area contributed by atoms with Crippen molar-refractivity contribution in [3.05, 3.63) is 28.8 Å². The lowest BCUT2D eigenvalue weighted by atomic mass is 10.1. The Balaban J connectivity index is 2.36. The third kappa shape index (κ3) is 2.81. The van der Waals surface area contributed by atoms with Gasteiger partial charge >= 0.3 is 5.97 Å². The number of ether oxygens (including phenoxy) is 1. The molecule has 1 heterocycles. The van der Waals surface area contributed by atoms with Gasteiger partial charge in [0.25, 0.3) is 5.78 Å². The number of nitrogens with zero attached hydrogens (tertiary/aromatic N) is 1. The predicted molar refractivity (Wildman–Crippen MR) is 74.7 cm³/mol. The first kappa shape index (κ1) is 13.7. The van der Waals surface area contributed by atoms with E-state index in [4.69, 9.17) is 4.74 Å². The topological polar surface area (TPSA) is 56.3 Å². The Morgan fingerprint density at radius 1 is 1.37 bits per heavy atom. The molecule has 0 fully saturated rings. The quantitative estimate of drug-likeness (QED) is 0.489. The van der Waals surface area contributed by atoms with Crippen LogP contribution in [0.1, 0.15) is 42.1 Å². The van der Waals surface area contributed by atoms with E-state index in [0.717, 1.165) is 15.2 Å². The molecule has 0 radical (unpaired) electrons. The van der Waals surface area contributed by atoms with Gasteiger partial charge in [0.15, 0.2) is 0 Å². The Morgan fingerprint density at radius 2 is 2.11 bits per heavy atom. The number of benzene rings is 1. The molecule has 4 nitrogen and oxygen atoms in total. The number of Topliss-reactive ketones (excluding diaryl/α,β-unsaturated/α-hetero) is 1. The highest BCUT2D eigenvalue weighted by atomic mass is 32.1. The lowest BCUT2D eigenvalue weighted by Gasteiger charge is -2.00. The van der Waals surface area contributed by atoms with Crippen molar-refractivity contribution in [1.29, 1.82) is 0 Å². The fourth-order valence-corrected chi connectivity index (χ4v) is 2.65. The van der Waals surface area contributed by atoms with E-state index in [2.05, 4.69) is 18.8 Å². The smallest absolute Gasteiger partial charge is 0.379 e. The number of carbonyl (C=O) groups excluding carboxylic acids is 2. The average molecular weight is 277 g/mol. The molecule has 100 valence electrons. The van der Waals surface area contributed by atoms with Crippen molar-refractivity contribution in [2.75, 3.05) is 6.61 Å². The highest BCUT2D eigenvalue weighted by Gasteiger charge is 2.18. The number of rotatable bonds is 4. The fourth-order valence-electron chi connectivity index (χ4n) is 1.65. The number of hydrogen-bond donors (Lipinski definition) is 0. The zero-order chi connectivity index (χ0) is 14.0. The minimum Gasteiger partial charge on any atom is -0.460 e. The summed E-state index contributed by atoms with van der Waals surface area (Å²) in [7, 11) is 0. The number of aromatic nitrogens is 1. The normalized spacial score (nSPS) is 10.9. The van der Waals surface area contributed by atoms with Crippen LogP contribution >= 0.6 is 11.3 Å². The summed E-state index contributed by atoms with van der Waals surface area (Å²) in [5, 5.41) is 1.02. The predicted octanol–water partition coefficient (Wildman–Crippen LogP) is 3.17. The molecule has 0 amide bonds. The lowest BCUT2D eigenvalue weighted by Crippen LogP contribution is -2.17. The number of fused-ring (bicyclic) bond motifs is 1. The Bertz CT molecular complexity index is 631. The summed E-state index contributed by atoms with van der Waals surface area (Å²) in [4.78, 5) is 27.7. The molecular weight excluding hydrogens is 262 g/mol. The van der Waals surface area contributed by atoms with Crippen LogP contribution in [-0.4, -0.2) is 23.3 Å². The van der Waals surface area contributed by atoms with Gasteiger partial charge in [0.2, 0.25) is 0 Å². The summed E-state index contributed by atoms with van der Waals surface area (Å²) >= 11 is 1.55. The molecule has 0 saturated carbocycles. The van der Waals surface area contributed by atoms with Crippen molar-refractivity contribution in [2.24, 2.45) is 0 Å². The summed E-state index contributed by atoms with van der Waals surface area (Å²) < 4.78 is 5.63. The minimum atomic E-state index is -0.810. The van der Waals surface area contributed by atoms with Crippen LogP contribution in [0.3, 0.4) is 0 Å². The van der Waals surface area contributed by atoms with Gasteiger partial charge in [-0.2, -0.15) is 0 Å². The maximum Gasteiger partial charge on any atom is 0.379 e. The molecule has 0 aliphatic rings. The minimum absolute atomic E-state index is 0.199. The standard InChI is InChI=1S/C14H15NO3S/c1-4-18-14(17)12(16)9-5-6-10-11(7-9)19-13(15-10)8(2)3/h5-8H,4H2,1-3H3. The highest BCUT2D eigenvalue weighted by Crippen LogP contribution is 2.28. The van der Waals surface area contributed by atoms with Gasteiger partial charge < -0.3 is 4.74 Å². The number of carbonyl (C=O) groups is 2. The van der Waals surface area contributed by atoms with E-state index in [1.807, 2.05) is 0 Å². The highest BCUT2D eigenvalue weighted by molar-refractivity contribution is 7.18. The van der Waals surface area contributed by atoms with Crippen LogP contribution in [-0.2, 0) is 9.53 Å². The fraction of sp³-hybridized carbons (Fsp3) is 0.357. The van der Waals surface area contributed by atoms with Gasteiger partial charge in [0.1, 0.15) is 0 Å². The molecule has 0 atom stereocenters. The van der Waals surface area contributed by atoms with Crippen molar-refractivity contribution in [1.82, 2.24) is 4.98 Å². The van der Waals surface area contributed by atoms with Gasteiger partial charge in [-0.1, -0.05) is 13.8 Å². The summed E-state index contributed by atoms with van der Waals surface area (Å²) in [5.41, 5.74) is 1.21. The molecule has 0 saturated heterocycles. The molecule has 0 aliphatic heterocycles. The van der Waals surface area contributed by atoms with Crippen LogP contribution in [0, 0.1) is 0 Å². The Hall–Kier alpha value is -1.75. The number of ketones is 1. The molecule has 0 bridgehead atoms. The van der Waals surface area contributed by atoms with Gasteiger partial charge in [-0.05, 0) is 25.1 Å². The van der Waals surface area contributed by atoms with Crippen LogP contribution in [0.15, 0.2) is 18.2 Å². The van der Waals surface area contributed by atoms with E-state index in [1.165, 1.54) is 0 Å². The monoisotopic (exact) mass is 277 g/mol. The first-order valence-corrected chi connectivity index (χ1v) is 6.96. The van der Waals surface area contributed by atoms with Gasteiger partial charge in [0, 0.05) is 11.5 Å². The SMILES string of the molecule is CCOC(=O)C(=O)c1ccc2nc(C(C)C)sc2c1. The van der Waals surface area contributed by atoms with Gasteiger partial charge in [-0.15, -0.1) is 11.3 Å². The second-order valence-corrected chi connectivity index (χ2v) is 5.50. The maximum atomic E-state index is 11.8. The lowest BCUT2D eigenvalue weighted by molar-refractivity contribution is -0.137. The molecule has 5 heteroatoms. The second kappa shape index (κ2) is 5.48. The van der Waals surface area contributed by atoms with Crippen molar-refractivity contribution >= 4 is 33.3 Å². The zero-order valence-corrected chi connectivity index (χ0v) is 11.9. The third-order valence-corrected chi connectivity index (χ3v) is 3.94. The third-order valence-electron chi connectivity index (χ3n) is 2.62. The zero-order valence-electron chi connectivity index (χ0n) is 11.1. The summed E-state index contributed by atoms with van der Waals surface area (Å²) in [6, 6.07) is 5.09. The molecule has 2 rings (SSSR count). The first-order chi connectivity index (χ1) is 9.02. The van der Waals surface area contributed by atoms with E-state index in [1.54, 1.807) is 36.5 Å². The maximum absolute atomic E-state index is 11.8. The number of hydrogen-bond acceptors (Lipinski definition) is 5. The summed E-state index contributed by atoms with van der Waals surface area (Å²) in [5.74, 6) is -1.07. The van der Waals surface area contributed by atoms with Crippen LogP contribution in [0.25, 0.3) is 10.2 Å². The first-order valence-electron chi connectivity index (χ1n) is 6.15. The summed E-state index contributed by atoms with van der Waals surface area (Å²) in [6.45, 7) is 6.02. The van der Waals surface area contributed by atoms with Crippen molar-refractivity contribution in [2.45, 2.75) is 26.7 Å². The van der Waals surface area contributed by atoms with Crippen molar-refractivity contribution in [3.8, 4) is 0 Å². The van der Waals surface area contributed by atoms with Crippen molar-refractivity contribution < 1.29 is 14.3 Å². The molecule has 0 spiro atoms. The molecular formula is C14H15NO3S. The van der Waals surface area contributed by atoms with Crippen molar-refractivity contribution in [3.63, 3.8) is 0 Å². The van der Waals surface area contributed by atoms with Crippen LogP contribution in [0.4, 0.5) is 0 Å². The van der Waals surface area contributed by atoms with Gasteiger partial charge in [0.05, 0.1) is 21.8 Å². The molecule has 19 heavy (non-hydrogen) atoms. The van der Waals surface area contributed by atoms with E-state index in [9.17, 15) is 9.59 Å². The second-order valence-electron chi connectivity index (χ2n) is 4.44. The summed E-state index contributed by atoms with van der Waals surface area (Å²) in [6.07, 6.45) is 0. The number of thiazole rings is 1. The Morgan fingerprint density at radius 3 is 2.74 bits per heavy atom. The Kier molecular flexibility index (Phi) is 3.95. The van der Waals surface area contributed by atoms with Crippen LogP contribution in [0.2, 0.25) is 0 Å². The molecule has 0 N–H and O–H groups in total. The van der Waals surface area contributed by atoms with Crippen LogP contribution in [0.5, 0.6) is 0 Å². The molecule has 0 aliphatic carbocycles. The van der Waals surface area contributed by atoms with Crippen LogP contribution < -0.4 is 0 Å². The Labute approximate surface area is 115 Å². The largest absolute Gasteiger partial charge is 0.460 e. The van der Waals surface area contributed by atoms with E-state index in [0.29, 0.717) is 11.5 Å². The van der Waals surface area contributed by atoms with E-state index >= 15 is 0 Å². The molecule has 2 aromatic rings. The molecule has 1 aromatic carbocycles. The molecule has 1 aromatic heterocycles. The van der Waals surface area contributed by atoms with Gasteiger partial charge in [-0.3, -0.25) is 4.79 Å². The molecule has 0 unspecified atom stereocenters.